The van der Waals surface area contributed by atoms with Crippen LogP contribution in [-0.4, -0.2) is 22.8 Å². The molecule has 0 aromatic rings. The fourth-order valence-corrected chi connectivity index (χ4v) is 2.10. The summed E-state index contributed by atoms with van der Waals surface area (Å²) in [6.45, 7) is 11.1. The second-order valence-electron chi connectivity index (χ2n) is 5.11. The summed E-state index contributed by atoms with van der Waals surface area (Å²) in [4.78, 5) is 13.9. The molecule has 1 aliphatic rings. The molecule has 0 amide bonds. The molecular weight excluding hydrogens is 186 g/mol. The van der Waals surface area contributed by atoms with E-state index in [4.69, 9.17) is 0 Å². The van der Waals surface area contributed by atoms with E-state index in [0.717, 1.165) is 37.8 Å². The van der Waals surface area contributed by atoms with Crippen LogP contribution in [-0.2, 0) is 4.79 Å². The maximum absolute atomic E-state index is 11.7. The van der Waals surface area contributed by atoms with Gasteiger partial charge in [0, 0.05) is 17.7 Å². The highest BCUT2D eigenvalue weighted by Crippen LogP contribution is 2.34. The molecule has 86 valence electrons. The molecule has 0 N–H and O–H groups in total. The average Bonchev–Trinajstić information content (AvgIpc) is 2.42. The Morgan fingerprint density at radius 3 is 2.67 bits per heavy atom. The molecule has 0 unspecified atom stereocenters. The van der Waals surface area contributed by atoms with Crippen LogP contribution in [0.25, 0.3) is 0 Å². The van der Waals surface area contributed by atoms with Crippen LogP contribution in [0.2, 0.25) is 0 Å². The fraction of sp³-hybridized carbons (Fsp3) is 0.769. The zero-order valence-corrected chi connectivity index (χ0v) is 10.3. The Kier molecular flexibility index (Phi) is 3.95. The maximum Gasteiger partial charge on any atom is 0.152 e. The first kappa shape index (κ1) is 12.3. The van der Waals surface area contributed by atoms with Crippen molar-refractivity contribution in [2.24, 2.45) is 0 Å². The van der Waals surface area contributed by atoms with E-state index < -0.39 is 0 Å². The van der Waals surface area contributed by atoms with Crippen LogP contribution in [0.5, 0.6) is 0 Å². The first-order valence-corrected chi connectivity index (χ1v) is 5.94. The quantitative estimate of drug-likeness (QED) is 0.693. The molecular formula is C13H23NO. The number of unbranched alkanes of at least 4 members (excludes halogenated alkanes) is 1. The monoisotopic (exact) mass is 209 g/mol. The number of rotatable bonds is 5. The van der Waals surface area contributed by atoms with Gasteiger partial charge in [0.1, 0.15) is 0 Å². The maximum atomic E-state index is 11.7. The minimum absolute atomic E-state index is 0.124. The SMILES string of the molecule is C=C1CCC(C)(C)N1CC(=O)CCCC. The number of Topliss-reactive ketones (excluding diaryl/α,β-unsaturated/α-hetero) is 1. The summed E-state index contributed by atoms with van der Waals surface area (Å²) in [5, 5.41) is 0. The molecule has 0 radical (unpaired) electrons. The summed E-state index contributed by atoms with van der Waals surface area (Å²) in [5.74, 6) is 0.355. The molecule has 1 rings (SSSR count). The summed E-state index contributed by atoms with van der Waals surface area (Å²) in [6.07, 6.45) is 4.98. The molecule has 2 heteroatoms. The normalized spacial score (nSPS) is 19.7. The predicted molar refractivity (Wildman–Crippen MR) is 63.7 cm³/mol. The van der Waals surface area contributed by atoms with Crippen molar-refractivity contribution in [3.05, 3.63) is 12.3 Å². The van der Waals surface area contributed by atoms with Gasteiger partial charge in [0.05, 0.1) is 6.54 Å². The molecule has 15 heavy (non-hydrogen) atoms. The van der Waals surface area contributed by atoms with Gasteiger partial charge in [0.15, 0.2) is 5.78 Å². The highest BCUT2D eigenvalue weighted by Gasteiger charge is 2.34. The van der Waals surface area contributed by atoms with Crippen molar-refractivity contribution in [1.29, 1.82) is 0 Å². The summed E-state index contributed by atoms with van der Waals surface area (Å²) in [5.41, 5.74) is 1.25. The van der Waals surface area contributed by atoms with Gasteiger partial charge in [-0.1, -0.05) is 19.9 Å². The van der Waals surface area contributed by atoms with Crippen LogP contribution in [0, 0.1) is 0 Å². The van der Waals surface area contributed by atoms with Gasteiger partial charge < -0.3 is 4.90 Å². The van der Waals surface area contributed by atoms with E-state index in [1.807, 2.05) is 0 Å². The van der Waals surface area contributed by atoms with Crippen molar-refractivity contribution < 1.29 is 4.79 Å². The van der Waals surface area contributed by atoms with Gasteiger partial charge in [-0.15, -0.1) is 0 Å². The second kappa shape index (κ2) is 4.82. The summed E-state index contributed by atoms with van der Waals surface area (Å²) in [6, 6.07) is 0. The van der Waals surface area contributed by atoms with Crippen LogP contribution in [0.4, 0.5) is 0 Å². The van der Waals surface area contributed by atoms with Crippen molar-refractivity contribution in [2.45, 2.75) is 58.4 Å². The Morgan fingerprint density at radius 1 is 1.53 bits per heavy atom. The Morgan fingerprint density at radius 2 is 2.20 bits per heavy atom. The van der Waals surface area contributed by atoms with E-state index in [2.05, 4.69) is 32.3 Å². The van der Waals surface area contributed by atoms with Gasteiger partial charge in [-0.25, -0.2) is 0 Å². The van der Waals surface area contributed by atoms with E-state index in [9.17, 15) is 4.79 Å². The van der Waals surface area contributed by atoms with E-state index in [1.165, 1.54) is 0 Å². The van der Waals surface area contributed by atoms with Crippen molar-refractivity contribution in [1.82, 2.24) is 4.90 Å². The summed E-state index contributed by atoms with van der Waals surface area (Å²) < 4.78 is 0. The second-order valence-corrected chi connectivity index (χ2v) is 5.11. The van der Waals surface area contributed by atoms with Gasteiger partial charge in [-0.3, -0.25) is 4.79 Å². The van der Waals surface area contributed by atoms with Crippen molar-refractivity contribution >= 4 is 5.78 Å². The molecule has 1 heterocycles. The van der Waals surface area contributed by atoms with Gasteiger partial charge in [-0.2, -0.15) is 0 Å². The number of carbonyl (C=O) groups excluding carboxylic acids is 1. The highest BCUT2D eigenvalue weighted by molar-refractivity contribution is 5.80. The van der Waals surface area contributed by atoms with Gasteiger partial charge in [0.25, 0.3) is 0 Å². The van der Waals surface area contributed by atoms with Crippen molar-refractivity contribution in [3.63, 3.8) is 0 Å². The first-order valence-electron chi connectivity index (χ1n) is 5.94. The minimum atomic E-state index is 0.124. The third-order valence-electron chi connectivity index (χ3n) is 3.28. The largest absolute Gasteiger partial charge is 0.363 e. The van der Waals surface area contributed by atoms with Gasteiger partial charge in [-0.05, 0) is 33.1 Å². The predicted octanol–water partition coefficient (Wildman–Crippen LogP) is 3.13. The number of ketones is 1. The van der Waals surface area contributed by atoms with Gasteiger partial charge in [0.2, 0.25) is 0 Å². The molecule has 0 bridgehead atoms. The molecule has 0 saturated carbocycles. The molecule has 1 fully saturated rings. The number of hydrogen-bond acceptors (Lipinski definition) is 2. The molecule has 0 aromatic heterocycles. The number of hydrogen-bond donors (Lipinski definition) is 0. The lowest BCUT2D eigenvalue weighted by molar-refractivity contribution is -0.120. The first-order chi connectivity index (χ1) is 6.97. The Hall–Kier alpha value is -0.790. The number of allylic oxidation sites excluding steroid dienone is 1. The lowest BCUT2D eigenvalue weighted by Crippen LogP contribution is -2.40. The van der Waals surface area contributed by atoms with Crippen LogP contribution in [0.1, 0.15) is 52.9 Å². The van der Waals surface area contributed by atoms with Crippen LogP contribution in [0.3, 0.4) is 0 Å². The van der Waals surface area contributed by atoms with Crippen LogP contribution >= 0.6 is 0 Å². The Balaban J connectivity index is 2.49. The molecule has 1 aliphatic heterocycles. The Bertz CT molecular complexity index is 255. The smallest absolute Gasteiger partial charge is 0.152 e. The Labute approximate surface area is 93.3 Å². The van der Waals surface area contributed by atoms with E-state index >= 15 is 0 Å². The van der Waals surface area contributed by atoms with E-state index in [-0.39, 0.29) is 5.54 Å². The molecule has 0 aliphatic carbocycles. The van der Waals surface area contributed by atoms with Crippen LogP contribution in [0.15, 0.2) is 12.3 Å². The molecule has 1 saturated heterocycles. The van der Waals surface area contributed by atoms with E-state index in [0.29, 0.717) is 12.3 Å². The zero-order chi connectivity index (χ0) is 11.5. The third-order valence-corrected chi connectivity index (χ3v) is 3.28. The highest BCUT2D eigenvalue weighted by atomic mass is 16.1. The fourth-order valence-electron chi connectivity index (χ4n) is 2.10. The molecule has 0 aromatic carbocycles. The van der Waals surface area contributed by atoms with Gasteiger partial charge >= 0.3 is 0 Å². The average molecular weight is 209 g/mol. The molecule has 2 nitrogen and oxygen atoms in total. The van der Waals surface area contributed by atoms with Crippen molar-refractivity contribution in [3.8, 4) is 0 Å². The standard InChI is InChI=1S/C13H23NO/c1-5-6-7-12(15)10-14-11(2)8-9-13(14,3)4/h2,5-10H2,1,3-4H3. The lowest BCUT2D eigenvalue weighted by Gasteiger charge is -2.33. The molecule has 0 spiro atoms. The minimum Gasteiger partial charge on any atom is -0.363 e. The van der Waals surface area contributed by atoms with E-state index in [1.54, 1.807) is 0 Å². The molecule has 0 atom stereocenters. The number of likely N-dealkylation sites (tertiary alicyclic amines) is 1. The van der Waals surface area contributed by atoms with Crippen molar-refractivity contribution in [2.75, 3.05) is 6.54 Å². The van der Waals surface area contributed by atoms with Crippen LogP contribution < -0.4 is 0 Å². The zero-order valence-electron chi connectivity index (χ0n) is 10.3. The summed E-state index contributed by atoms with van der Waals surface area (Å²) >= 11 is 0. The third kappa shape index (κ3) is 3.08. The number of nitrogens with zero attached hydrogens (tertiary/aromatic N) is 1. The lowest BCUT2D eigenvalue weighted by atomic mass is 10.0. The summed E-state index contributed by atoms with van der Waals surface area (Å²) in [7, 11) is 0. The topological polar surface area (TPSA) is 20.3 Å². The number of carbonyl (C=O) groups is 1.